The molecule has 0 aromatic carbocycles. The van der Waals surface area contributed by atoms with Crippen molar-refractivity contribution in [1.82, 2.24) is 15.1 Å². The highest BCUT2D eigenvalue weighted by Crippen LogP contribution is 2.07. The van der Waals surface area contributed by atoms with Crippen LogP contribution in [0.1, 0.15) is 32.0 Å². The largest absolute Gasteiger partial charge is 0.380 e. The van der Waals surface area contributed by atoms with Crippen molar-refractivity contribution in [2.45, 2.75) is 45.9 Å². The predicted molar refractivity (Wildman–Crippen MR) is 65.4 cm³/mol. The number of aryl methyl sites for hydroxylation is 2. The molecular weight excluding hydrogens is 202 g/mol. The fourth-order valence-electron chi connectivity index (χ4n) is 1.67. The summed E-state index contributed by atoms with van der Waals surface area (Å²) in [5, 5.41) is 7.88. The first kappa shape index (κ1) is 13.2. The number of ether oxygens (including phenoxy) is 1. The van der Waals surface area contributed by atoms with Gasteiger partial charge in [0.15, 0.2) is 0 Å². The number of methoxy groups -OCH3 is 1. The molecule has 0 saturated heterocycles. The van der Waals surface area contributed by atoms with Crippen LogP contribution in [0.4, 0.5) is 0 Å². The molecule has 1 N–H and O–H groups in total. The Morgan fingerprint density at radius 2 is 2.19 bits per heavy atom. The minimum Gasteiger partial charge on any atom is -0.380 e. The average Bonchev–Trinajstić information content (AvgIpc) is 2.65. The summed E-state index contributed by atoms with van der Waals surface area (Å²) in [4.78, 5) is 0. The fraction of sp³-hybridized carbons (Fsp3) is 0.750. The molecule has 1 heterocycles. The second kappa shape index (κ2) is 6.01. The molecule has 0 bridgehead atoms. The second-order valence-electron chi connectivity index (χ2n) is 4.24. The third-order valence-electron chi connectivity index (χ3n) is 3.02. The van der Waals surface area contributed by atoms with E-state index in [9.17, 15) is 0 Å². The highest BCUT2D eigenvalue weighted by atomic mass is 16.5. The predicted octanol–water partition coefficient (Wildman–Crippen LogP) is 1.50. The minimum absolute atomic E-state index is 0.224. The fourth-order valence-corrected chi connectivity index (χ4v) is 1.67. The van der Waals surface area contributed by atoms with Crippen molar-refractivity contribution >= 4 is 0 Å². The number of hydrogen-bond donors (Lipinski definition) is 1. The second-order valence-corrected chi connectivity index (χ2v) is 4.24. The van der Waals surface area contributed by atoms with Gasteiger partial charge in [0.2, 0.25) is 0 Å². The molecule has 0 radical (unpaired) electrons. The highest BCUT2D eigenvalue weighted by Gasteiger charge is 2.12. The lowest BCUT2D eigenvalue weighted by molar-refractivity contribution is 0.0882. The molecule has 1 aromatic rings. The number of rotatable bonds is 6. The van der Waals surface area contributed by atoms with Crippen LogP contribution >= 0.6 is 0 Å². The van der Waals surface area contributed by atoms with E-state index in [4.69, 9.17) is 4.74 Å². The highest BCUT2D eigenvalue weighted by molar-refractivity contribution is 5.16. The normalized spacial score (nSPS) is 15.1. The van der Waals surface area contributed by atoms with Gasteiger partial charge in [0.25, 0.3) is 0 Å². The summed E-state index contributed by atoms with van der Waals surface area (Å²) >= 11 is 0. The number of aromatic nitrogens is 2. The van der Waals surface area contributed by atoms with Crippen LogP contribution < -0.4 is 5.32 Å². The van der Waals surface area contributed by atoms with E-state index < -0.39 is 0 Å². The van der Waals surface area contributed by atoms with E-state index in [1.807, 2.05) is 11.7 Å². The van der Waals surface area contributed by atoms with Crippen molar-refractivity contribution < 1.29 is 4.74 Å². The molecule has 2 unspecified atom stereocenters. The molecule has 0 saturated carbocycles. The van der Waals surface area contributed by atoms with E-state index in [1.165, 1.54) is 11.3 Å². The Morgan fingerprint density at radius 3 is 2.75 bits per heavy atom. The summed E-state index contributed by atoms with van der Waals surface area (Å²) in [5.74, 6) is 0. The summed E-state index contributed by atoms with van der Waals surface area (Å²) < 4.78 is 7.15. The van der Waals surface area contributed by atoms with Crippen LogP contribution in [-0.2, 0) is 24.8 Å². The zero-order chi connectivity index (χ0) is 12.1. The van der Waals surface area contributed by atoms with E-state index >= 15 is 0 Å². The van der Waals surface area contributed by atoms with Crippen LogP contribution in [0.25, 0.3) is 0 Å². The van der Waals surface area contributed by atoms with Gasteiger partial charge >= 0.3 is 0 Å². The first-order valence-corrected chi connectivity index (χ1v) is 5.86. The standard InChI is InChI=1S/C12H23N3O/c1-6-12-11(8-15(4)14-12)7-13-9(2)10(3)16-5/h8-10,13H,6-7H2,1-5H3. The molecule has 0 aliphatic rings. The topological polar surface area (TPSA) is 39.1 Å². The van der Waals surface area contributed by atoms with E-state index in [0.29, 0.717) is 6.04 Å². The van der Waals surface area contributed by atoms with Gasteiger partial charge < -0.3 is 10.1 Å². The average molecular weight is 225 g/mol. The minimum atomic E-state index is 0.224. The molecule has 0 aliphatic carbocycles. The van der Waals surface area contributed by atoms with Gasteiger partial charge in [-0.3, -0.25) is 4.68 Å². The van der Waals surface area contributed by atoms with Gasteiger partial charge in [-0.15, -0.1) is 0 Å². The van der Waals surface area contributed by atoms with E-state index in [0.717, 1.165) is 13.0 Å². The summed E-state index contributed by atoms with van der Waals surface area (Å²) in [6, 6.07) is 0.343. The Balaban J connectivity index is 2.53. The monoisotopic (exact) mass is 225 g/mol. The molecule has 0 spiro atoms. The molecular formula is C12H23N3O. The summed E-state index contributed by atoms with van der Waals surface area (Å²) in [7, 11) is 3.70. The molecule has 4 nitrogen and oxygen atoms in total. The van der Waals surface area contributed by atoms with Crippen LogP contribution in [0.3, 0.4) is 0 Å². The third-order valence-corrected chi connectivity index (χ3v) is 3.02. The smallest absolute Gasteiger partial charge is 0.0693 e. The van der Waals surface area contributed by atoms with Gasteiger partial charge in [-0.05, 0) is 20.3 Å². The Bertz CT molecular complexity index is 322. The number of nitrogens with zero attached hydrogens (tertiary/aromatic N) is 2. The van der Waals surface area contributed by atoms with E-state index in [-0.39, 0.29) is 6.10 Å². The molecule has 16 heavy (non-hydrogen) atoms. The Kier molecular flexibility index (Phi) is 4.96. The van der Waals surface area contributed by atoms with E-state index in [1.54, 1.807) is 7.11 Å². The first-order chi connectivity index (χ1) is 7.58. The SMILES string of the molecule is CCc1nn(C)cc1CNC(C)C(C)OC. The maximum atomic E-state index is 5.28. The van der Waals surface area contributed by atoms with Crippen LogP contribution in [0.5, 0.6) is 0 Å². The van der Waals surface area contributed by atoms with Crippen molar-refractivity contribution in [1.29, 1.82) is 0 Å². The van der Waals surface area contributed by atoms with Gasteiger partial charge in [0, 0.05) is 38.5 Å². The Labute approximate surface area is 98.0 Å². The number of hydrogen-bond acceptors (Lipinski definition) is 3. The lowest BCUT2D eigenvalue weighted by atomic mass is 10.1. The summed E-state index contributed by atoms with van der Waals surface area (Å²) in [6.07, 6.45) is 3.28. The third kappa shape index (κ3) is 3.32. The maximum Gasteiger partial charge on any atom is 0.0693 e. The van der Waals surface area contributed by atoms with Gasteiger partial charge in [0.05, 0.1) is 11.8 Å². The van der Waals surface area contributed by atoms with Gasteiger partial charge in [0.1, 0.15) is 0 Å². The van der Waals surface area contributed by atoms with Gasteiger partial charge in [-0.2, -0.15) is 5.10 Å². The van der Waals surface area contributed by atoms with E-state index in [2.05, 4.69) is 37.4 Å². The molecule has 2 atom stereocenters. The summed E-state index contributed by atoms with van der Waals surface area (Å²) in [5.41, 5.74) is 2.45. The van der Waals surface area contributed by atoms with Crippen molar-refractivity contribution in [3.05, 3.63) is 17.5 Å². The van der Waals surface area contributed by atoms with Crippen molar-refractivity contribution in [3.8, 4) is 0 Å². The first-order valence-electron chi connectivity index (χ1n) is 5.86. The van der Waals surface area contributed by atoms with Gasteiger partial charge in [-0.25, -0.2) is 0 Å². The Morgan fingerprint density at radius 1 is 1.50 bits per heavy atom. The van der Waals surface area contributed by atoms with Gasteiger partial charge in [-0.1, -0.05) is 6.92 Å². The van der Waals surface area contributed by atoms with Crippen LogP contribution in [-0.4, -0.2) is 29.0 Å². The van der Waals surface area contributed by atoms with Crippen molar-refractivity contribution in [2.24, 2.45) is 7.05 Å². The zero-order valence-corrected chi connectivity index (χ0v) is 10.9. The zero-order valence-electron chi connectivity index (χ0n) is 10.9. The van der Waals surface area contributed by atoms with Crippen molar-refractivity contribution in [2.75, 3.05) is 7.11 Å². The summed E-state index contributed by atoms with van der Waals surface area (Å²) in [6.45, 7) is 7.19. The molecule has 4 heteroatoms. The molecule has 0 fully saturated rings. The molecule has 1 rings (SSSR count). The molecule has 0 amide bonds. The number of nitrogens with one attached hydrogen (secondary N) is 1. The lowest BCUT2D eigenvalue weighted by Gasteiger charge is -2.19. The van der Waals surface area contributed by atoms with Crippen molar-refractivity contribution in [3.63, 3.8) is 0 Å². The maximum absolute atomic E-state index is 5.28. The Hall–Kier alpha value is -0.870. The molecule has 1 aromatic heterocycles. The molecule has 0 aliphatic heterocycles. The molecule has 92 valence electrons. The van der Waals surface area contributed by atoms with Crippen LogP contribution in [0, 0.1) is 0 Å². The van der Waals surface area contributed by atoms with Crippen LogP contribution in [0.2, 0.25) is 0 Å². The van der Waals surface area contributed by atoms with Crippen LogP contribution in [0.15, 0.2) is 6.20 Å². The lowest BCUT2D eigenvalue weighted by Crippen LogP contribution is -2.36. The quantitative estimate of drug-likeness (QED) is 0.797.